The molecule has 30 heavy (non-hydrogen) atoms. The van der Waals surface area contributed by atoms with Crippen LogP contribution in [0.2, 0.25) is 0 Å². The lowest BCUT2D eigenvalue weighted by molar-refractivity contribution is -0.149. The van der Waals surface area contributed by atoms with Gasteiger partial charge in [-0.15, -0.1) is 0 Å². The van der Waals surface area contributed by atoms with Crippen molar-refractivity contribution < 1.29 is 23.9 Å². The number of amides is 3. The van der Waals surface area contributed by atoms with Gasteiger partial charge in [0.15, 0.2) is 6.61 Å². The quantitative estimate of drug-likeness (QED) is 0.482. The van der Waals surface area contributed by atoms with Gasteiger partial charge in [0, 0.05) is 16.7 Å². The average molecular weight is 477 g/mol. The Morgan fingerprint density at radius 1 is 1.17 bits per heavy atom. The van der Waals surface area contributed by atoms with Gasteiger partial charge < -0.3 is 10.1 Å². The number of imide groups is 1. The summed E-state index contributed by atoms with van der Waals surface area (Å²) in [6.45, 7) is 1.60. The maximum Gasteiger partial charge on any atom is 0.308 e. The molecule has 2 saturated carbocycles. The third-order valence-corrected chi connectivity index (χ3v) is 7.14. The highest BCUT2D eigenvalue weighted by molar-refractivity contribution is 9.10. The highest BCUT2D eigenvalue weighted by Gasteiger charge is 2.60. The van der Waals surface area contributed by atoms with Crippen molar-refractivity contribution in [1.29, 1.82) is 0 Å². The predicted octanol–water partition coefficient (Wildman–Crippen LogP) is 2.91. The van der Waals surface area contributed by atoms with E-state index in [1.807, 2.05) is 19.1 Å². The normalized spacial score (nSPS) is 26.8. The van der Waals surface area contributed by atoms with Gasteiger partial charge in [-0.3, -0.25) is 24.1 Å². The topological polar surface area (TPSA) is 92.8 Å². The largest absolute Gasteiger partial charge is 0.456 e. The highest BCUT2D eigenvalue weighted by atomic mass is 79.9. The highest BCUT2D eigenvalue weighted by Crippen LogP contribution is 2.56. The molecule has 160 valence electrons. The van der Waals surface area contributed by atoms with Gasteiger partial charge in [-0.1, -0.05) is 22.9 Å². The van der Waals surface area contributed by atoms with E-state index in [0.717, 1.165) is 35.7 Å². The molecule has 4 atom stereocenters. The first-order valence-corrected chi connectivity index (χ1v) is 11.3. The molecule has 4 rings (SSSR count). The summed E-state index contributed by atoms with van der Waals surface area (Å²) in [4.78, 5) is 50.7. The molecule has 1 heterocycles. The van der Waals surface area contributed by atoms with Gasteiger partial charge in [0.05, 0.1) is 18.3 Å². The number of hydrogen-bond donors (Lipinski definition) is 1. The number of aryl methyl sites for hydroxylation is 1. The van der Waals surface area contributed by atoms with Gasteiger partial charge in [0.25, 0.3) is 5.91 Å². The molecule has 3 aliphatic rings. The summed E-state index contributed by atoms with van der Waals surface area (Å²) in [5, 5.41) is 2.74. The number of anilines is 1. The van der Waals surface area contributed by atoms with Crippen LogP contribution in [0.25, 0.3) is 0 Å². The van der Waals surface area contributed by atoms with E-state index < -0.39 is 18.5 Å². The Labute approximate surface area is 183 Å². The van der Waals surface area contributed by atoms with Crippen LogP contribution in [0.1, 0.15) is 38.2 Å². The van der Waals surface area contributed by atoms with Gasteiger partial charge in [-0.2, -0.15) is 0 Å². The van der Waals surface area contributed by atoms with Crippen LogP contribution in [-0.4, -0.2) is 41.7 Å². The Morgan fingerprint density at radius 2 is 1.83 bits per heavy atom. The van der Waals surface area contributed by atoms with Crippen molar-refractivity contribution in [2.75, 3.05) is 18.5 Å². The summed E-state index contributed by atoms with van der Waals surface area (Å²) in [7, 11) is 0. The molecular formula is C22H25BrN2O5. The Hall–Kier alpha value is -2.22. The van der Waals surface area contributed by atoms with Crippen LogP contribution < -0.4 is 5.32 Å². The molecule has 1 aromatic rings. The molecule has 0 unspecified atom stereocenters. The lowest BCUT2D eigenvalue weighted by atomic mass is 9.81. The fourth-order valence-electron chi connectivity index (χ4n) is 5.28. The summed E-state index contributed by atoms with van der Waals surface area (Å²) in [6.07, 6.45) is 3.67. The number of halogens is 1. The maximum atomic E-state index is 12.6. The predicted molar refractivity (Wildman–Crippen MR) is 112 cm³/mol. The van der Waals surface area contributed by atoms with Crippen molar-refractivity contribution in [2.24, 2.45) is 23.7 Å². The number of rotatable bonds is 7. The Kier molecular flexibility index (Phi) is 5.95. The van der Waals surface area contributed by atoms with Crippen LogP contribution in [0.5, 0.6) is 0 Å². The molecule has 1 N–H and O–H groups in total. The van der Waals surface area contributed by atoms with Crippen molar-refractivity contribution in [3.05, 3.63) is 28.2 Å². The third kappa shape index (κ3) is 3.89. The summed E-state index contributed by atoms with van der Waals surface area (Å²) in [5.74, 6) is -1.02. The molecule has 1 aliphatic heterocycles. The van der Waals surface area contributed by atoms with E-state index in [0.29, 0.717) is 17.5 Å². The van der Waals surface area contributed by atoms with Gasteiger partial charge in [-0.25, -0.2) is 0 Å². The van der Waals surface area contributed by atoms with E-state index in [1.54, 1.807) is 6.07 Å². The zero-order valence-corrected chi connectivity index (χ0v) is 18.4. The van der Waals surface area contributed by atoms with E-state index in [4.69, 9.17) is 4.74 Å². The van der Waals surface area contributed by atoms with Crippen molar-refractivity contribution in [3.8, 4) is 0 Å². The van der Waals surface area contributed by atoms with Crippen molar-refractivity contribution in [1.82, 2.24) is 4.90 Å². The van der Waals surface area contributed by atoms with Crippen LogP contribution in [-0.2, 0) is 30.3 Å². The molecule has 1 aromatic carbocycles. The van der Waals surface area contributed by atoms with Crippen LogP contribution in [0.3, 0.4) is 0 Å². The Morgan fingerprint density at radius 3 is 2.47 bits per heavy atom. The summed E-state index contributed by atoms with van der Waals surface area (Å²) < 4.78 is 5.97. The number of nitrogens with zero attached hydrogens (tertiary/aromatic N) is 1. The molecule has 0 radical (unpaired) electrons. The minimum Gasteiger partial charge on any atom is -0.456 e. The number of ether oxygens (including phenoxy) is 1. The number of carbonyl (C=O) groups excluding carboxylic acids is 4. The summed E-state index contributed by atoms with van der Waals surface area (Å²) in [6, 6.07) is 5.54. The molecule has 0 spiro atoms. The maximum absolute atomic E-state index is 12.6. The van der Waals surface area contributed by atoms with Gasteiger partial charge in [0.2, 0.25) is 11.8 Å². The van der Waals surface area contributed by atoms with Gasteiger partial charge in [-0.05, 0) is 61.3 Å². The molecule has 2 aliphatic carbocycles. The minimum atomic E-state index is -0.600. The second-order valence-corrected chi connectivity index (χ2v) is 9.24. The van der Waals surface area contributed by atoms with Gasteiger partial charge >= 0.3 is 5.97 Å². The number of likely N-dealkylation sites (tertiary alicyclic amines) is 1. The van der Waals surface area contributed by atoms with E-state index in [1.165, 1.54) is 4.90 Å². The number of nitrogens with one attached hydrogen (secondary N) is 1. The SMILES string of the molecule is CCc1cc(Br)ccc1NC(=O)COC(=O)CCN1C(=O)[C@H]2[C@H]3CC[C@@H](C3)[C@@H]2C1=O. The Balaban J connectivity index is 1.24. The molecule has 8 heteroatoms. The monoisotopic (exact) mass is 476 g/mol. The fraction of sp³-hybridized carbons (Fsp3) is 0.545. The van der Waals surface area contributed by atoms with Crippen molar-refractivity contribution in [2.45, 2.75) is 39.0 Å². The second-order valence-electron chi connectivity index (χ2n) is 8.33. The number of fused-ring (bicyclic) bond motifs is 5. The molecule has 3 amide bonds. The van der Waals surface area contributed by atoms with Crippen LogP contribution in [0.15, 0.2) is 22.7 Å². The Bertz CT molecular complexity index is 874. The second kappa shape index (κ2) is 8.49. The lowest BCUT2D eigenvalue weighted by Crippen LogP contribution is -2.35. The summed E-state index contributed by atoms with van der Waals surface area (Å²) >= 11 is 3.40. The third-order valence-electron chi connectivity index (χ3n) is 6.64. The number of hydrogen-bond acceptors (Lipinski definition) is 5. The molecule has 0 aromatic heterocycles. The zero-order valence-electron chi connectivity index (χ0n) is 16.9. The first-order valence-electron chi connectivity index (χ1n) is 10.5. The van der Waals surface area contributed by atoms with E-state index >= 15 is 0 Å². The average Bonchev–Trinajstić information content (AvgIpc) is 3.40. The van der Waals surface area contributed by atoms with Crippen LogP contribution in [0.4, 0.5) is 5.69 Å². The van der Waals surface area contributed by atoms with Crippen molar-refractivity contribution in [3.63, 3.8) is 0 Å². The van der Waals surface area contributed by atoms with Crippen LogP contribution in [0, 0.1) is 23.7 Å². The van der Waals surface area contributed by atoms with E-state index in [2.05, 4.69) is 21.2 Å². The van der Waals surface area contributed by atoms with Gasteiger partial charge in [0.1, 0.15) is 0 Å². The molecule has 3 fully saturated rings. The molecule has 2 bridgehead atoms. The first kappa shape index (κ1) is 21.0. The zero-order chi connectivity index (χ0) is 21.4. The number of esters is 1. The first-order chi connectivity index (χ1) is 14.4. The van der Waals surface area contributed by atoms with Crippen LogP contribution >= 0.6 is 15.9 Å². The number of carbonyl (C=O) groups is 4. The lowest BCUT2D eigenvalue weighted by Gasteiger charge is -2.19. The number of benzene rings is 1. The minimum absolute atomic E-state index is 0.0251. The fourth-order valence-corrected chi connectivity index (χ4v) is 5.68. The smallest absolute Gasteiger partial charge is 0.308 e. The summed E-state index contributed by atoms with van der Waals surface area (Å²) in [5.41, 5.74) is 1.64. The molecule has 7 nitrogen and oxygen atoms in total. The standard InChI is InChI=1S/C22H25BrN2O5/c1-2-12-10-15(23)5-6-16(12)24-17(26)11-30-18(27)7-8-25-21(28)19-13-3-4-14(9-13)20(19)22(25)29/h5-6,10,13-14,19-20H,2-4,7-9,11H2,1H3,(H,24,26)/t13-,14-,19-,20-/m0/s1. The molecular weight excluding hydrogens is 452 g/mol. The molecule has 1 saturated heterocycles. The van der Waals surface area contributed by atoms with E-state index in [-0.39, 0.29) is 36.6 Å². The van der Waals surface area contributed by atoms with Crippen molar-refractivity contribution >= 4 is 45.3 Å². The van der Waals surface area contributed by atoms with E-state index in [9.17, 15) is 19.2 Å².